The second-order valence-corrected chi connectivity index (χ2v) is 8.79. The van der Waals surface area contributed by atoms with E-state index >= 15 is 0 Å². The Balaban J connectivity index is 1.52. The van der Waals surface area contributed by atoms with Crippen molar-refractivity contribution >= 4 is 17.6 Å². The molecule has 31 heavy (non-hydrogen) atoms. The molecule has 2 aromatic heterocycles. The minimum atomic E-state index is -0.759. The molecule has 1 atom stereocenters. The first-order valence-corrected chi connectivity index (χ1v) is 10.4. The van der Waals surface area contributed by atoms with E-state index in [0.29, 0.717) is 11.6 Å². The van der Waals surface area contributed by atoms with Crippen molar-refractivity contribution in [1.29, 1.82) is 0 Å². The molecule has 0 spiro atoms. The second kappa shape index (κ2) is 7.98. The van der Waals surface area contributed by atoms with Crippen molar-refractivity contribution in [2.75, 3.05) is 5.32 Å². The predicted molar refractivity (Wildman–Crippen MR) is 116 cm³/mol. The highest BCUT2D eigenvalue weighted by Gasteiger charge is 2.26. The molecule has 9 heteroatoms. The summed E-state index contributed by atoms with van der Waals surface area (Å²) < 4.78 is 3.64. The number of hydrogen-bond donors (Lipinski definition) is 2. The number of anilines is 1. The molecular formula is C22H27N7O2. The maximum absolute atomic E-state index is 12.7. The quantitative estimate of drug-likeness (QED) is 0.630. The van der Waals surface area contributed by atoms with Crippen molar-refractivity contribution in [3.8, 4) is 5.69 Å². The lowest BCUT2D eigenvalue weighted by atomic mass is 9.92. The van der Waals surface area contributed by atoms with Crippen LogP contribution in [0.5, 0.6) is 0 Å². The summed E-state index contributed by atoms with van der Waals surface area (Å²) in [6.07, 6.45) is 1.90. The number of fused-ring (bicyclic) bond motifs is 1. The molecule has 0 aliphatic carbocycles. The molecule has 1 aliphatic heterocycles. The molecule has 4 rings (SSSR count). The Labute approximate surface area is 180 Å². The molecule has 0 saturated heterocycles. The van der Waals surface area contributed by atoms with Crippen molar-refractivity contribution in [3.63, 3.8) is 0 Å². The fourth-order valence-electron chi connectivity index (χ4n) is 3.60. The Hall–Kier alpha value is -3.49. The van der Waals surface area contributed by atoms with Crippen LogP contribution in [0.2, 0.25) is 0 Å². The monoisotopic (exact) mass is 421 g/mol. The number of aryl methyl sites for hydroxylation is 1. The molecule has 3 aromatic rings. The van der Waals surface area contributed by atoms with Gasteiger partial charge in [0.25, 0.3) is 0 Å². The van der Waals surface area contributed by atoms with Gasteiger partial charge >= 0.3 is 11.8 Å². The topological polar surface area (TPSA) is 107 Å². The van der Waals surface area contributed by atoms with E-state index in [1.54, 1.807) is 17.7 Å². The Morgan fingerprint density at radius 1 is 1.10 bits per heavy atom. The zero-order valence-electron chi connectivity index (χ0n) is 18.2. The van der Waals surface area contributed by atoms with Crippen molar-refractivity contribution in [2.45, 2.75) is 58.5 Å². The van der Waals surface area contributed by atoms with Crippen molar-refractivity contribution in [1.82, 2.24) is 29.9 Å². The van der Waals surface area contributed by atoms with Crippen LogP contribution in [-0.2, 0) is 28.0 Å². The van der Waals surface area contributed by atoms with Gasteiger partial charge < -0.3 is 15.2 Å². The molecule has 1 aliphatic rings. The second-order valence-electron chi connectivity index (χ2n) is 8.79. The zero-order valence-corrected chi connectivity index (χ0v) is 18.2. The van der Waals surface area contributed by atoms with Crippen molar-refractivity contribution < 1.29 is 9.59 Å². The molecule has 0 saturated carbocycles. The summed E-state index contributed by atoms with van der Waals surface area (Å²) in [5.74, 6) is 0.527. The Bertz CT molecular complexity index is 1110. The Kier molecular flexibility index (Phi) is 5.34. The van der Waals surface area contributed by atoms with Gasteiger partial charge in [0.05, 0.1) is 17.4 Å². The largest absolute Gasteiger partial charge is 0.338 e. The molecule has 2 amide bonds. The first-order chi connectivity index (χ1) is 14.7. The molecule has 0 radical (unpaired) electrons. The third-order valence-electron chi connectivity index (χ3n) is 5.30. The molecule has 0 bridgehead atoms. The molecule has 9 nitrogen and oxygen atoms in total. The molecule has 0 fully saturated rings. The fourth-order valence-corrected chi connectivity index (χ4v) is 3.60. The van der Waals surface area contributed by atoms with Crippen LogP contribution in [0.3, 0.4) is 0 Å². The number of hydrogen-bond acceptors (Lipinski definition) is 5. The average Bonchev–Trinajstić information content (AvgIpc) is 3.43. The van der Waals surface area contributed by atoms with Gasteiger partial charge in [-0.15, -0.1) is 10.2 Å². The van der Waals surface area contributed by atoms with Gasteiger partial charge in [0.1, 0.15) is 11.6 Å². The van der Waals surface area contributed by atoms with Gasteiger partial charge in [0.2, 0.25) is 0 Å². The van der Waals surface area contributed by atoms with Crippen LogP contribution in [0, 0.1) is 0 Å². The van der Waals surface area contributed by atoms with Gasteiger partial charge in [-0.05, 0) is 25.5 Å². The van der Waals surface area contributed by atoms with Crippen molar-refractivity contribution in [3.05, 3.63) is 53.7 Å². The summed E-state index contributed by atoms with van der Waals surface area (Å²) in [4.78, 5) is 25.3. The summed E-state index contributed by atoms with van der Waals surface area (Å²) in [7, 11) is 0. The lowest BCUT2D eigenvalue weighted by Crippen LogP contribution is -2.38. The highest BCUT2D eigenvalue weighted by molar-refractivity contribution is 6.39. The number of para-hydroxylation sites is 1. The number of nitrogens with zero attached hydrogens (tertiary/aromatic N) is 5. The third kappa shape index (κ3) is 4.21. The van der Waals surface area contributed by atoms with Gasteiger partial charge in [0.15, 0.2) is 5.82 Å². The first-order valence-electron chi connectivity index (χ1n) is 10.4. The van der Waals surface area contributed by atoms with E-state index in [-0.39, 0.29) is 5.41 Å². The highest BCUT2D eigenvalue weighted by atomic mass is 16.2. The number of amides is 2. The highest BCUT2D eigenvalue weighted by Crippen LogP contribution is 2.26. The molecule has 3 heterocycles. The lowest BCUT2D eigenvalue weighted by Gasteiger charge is -2.14. The predicted octanol–water partition coefficient (Wildman–Crippen LogP) is 2.52. The van der Waals surface area contributed by atoms with E-state index in [1.165, 1.54) is 0 Å². The van der Waals surface area contributed by atoms with Crippen LogP contribution < -0.4 is 10.6 Å². The number of carbonyl (C=O) groups is 2. The smallest absolute Gasteiger partial charge is 0.314 e. The number of benzene rings is 1. The van der Waals surface area contributed by atoms with Crippen LogP contribution in [0.15, 0.2) is 36.4 Å². The molecule has 162 valence electrons. The molecule has 2 N–H and O–H groups in total. The molecular weight excluding hydrogens is 394 g/mol. The maximum Gasteiger partial charge on any atom is 0.314 e. The summed E-state index contributed by atoms with van der Waals surface area (Å²) in [5, 5.41) is 18.4. The minimum Gasteiger partial charge on any atom is -0.338 e. The van der Waals surface area contributed by atoms with Gasteiger partial charge in [-0.3, -0.25) is 9.59 Å². The van der Waals surface area contributed by atoms with Crippen LogP contribution in [0.1, 0.15) is 57.5 Å². The van der Waals surface area contributed by atoms with E-state index in [1.807, 2.05) is 55.7 Å². The normalized spacial score (nSPS) is 14.2. The van der Waals surface area contributed by atoms with Crippen LogP contribution in [-0.4, -0.2) is 36.4 Å². The fraction of sp³-hybridized carbons (Fsp3) is 0.409. The first kappa shape index (κ1) is 20.8. The van der Waals surface area contributed by atoms with E-state index in [4.69, 9.17) is 0 Å². The van der Waals surface area contributed by atoms with E-state index in [2.05, 4.69) is 25.9 Å². The van der Waals surface area contributed by atoms with Gasteiger partial charge in [-0.2, -0.15) is 5.10 Å². The minimum absolute atomic E-state index is 0.218. The number of rotatable bonds is 4. The van der Waals surface area contributed by atoms with Crippen LogP contribution in [0.4, 0.5) is 5.82 Å². The summed E-state index contributed by atoms with van der Waals surface area (Å²) in [6, 6.07) is 10.8. The zero-order chi connectivity index (χ0) is 22.2. The standard InChI is InChI=1S/C22H27N7O2/c1-14(19-26-25-17-11-8-12-28(17)19)23-20(30)21(31)24-18-13-16(22(2,3)4)27-29(18)15-9-6-5-7-10-15/h5-7,9-10,13-14H,8,11-12H2,1-4H3,(H,23,30)(H,24,31). The number of carbonyl (C=O) groups excluding carboxylic acids is 2. The summed E-state index contributed by atoms with van der Waals surface area (Å²) >= 11 is 0. The SMILES string of the molecule is CC(NC(=O)C(=O)Nc1cc(C(C)(C)C)nn1-c1ccccc1)c1nnc2n1CCC2. The van der Waals surface area contributed by atoms with E-state index in [9.17, 15) is 9.59 Å². The third-order valence-corrected chi connectivity index (χ3v) is 5.30. The maximum atomic E-state index is 12.7. The average molecular weight is 422 g/mol. The Morgan fingerprint density at radius 2 is 1.84 bits per heavy atom. The van der Waals surface area contributed by atoms with E-state index in [0.717, 1.165) is 36.6 Å². The Morgan fingerprint density at radius 3 is 2.55 bits per heavy atom. The molecule has 1 aromatic carbocycles. The van der Waals surface area contributed by atoms with Gasteiger partial charge in [0, 0.05) is 24.4 Å². The van der Waals surface area contributed by atoms with Gasteiger partial charge in [-0.1, -0.05) is 39.0 Å². The number of nitrogens with one attached hydrogen (secondary N) is 2. The van der Waals surface area contributed by atoms with Crippen LogP contribution in [0.25, 0.3) is 5.69 Å². The van der Waals surface area contributed by atoms with Gasteiger partial charge in [-0.25, -0.2) is 4.68 Å². The summed E-state index contributed by atoms with van der Waals surface area (Å²) in [5.41, 5.74) is 1.38. The number of aromatic nitrogens is 5. The lowest BCUT2D eigenvalue weighted by molar-refractivity contribution is -0.136. The van der Waals surface area contributed by atoms with Crippen LogP contribution >= 0.6 is 0 Å². The van der Waals surface area contributed by atoms with E-state index < -0.39 is 17.9 Å². The molecule has 1 unspecified atom stereocenters. The van der Waals surface area contributed by atoms with Crippen molar-refractivity contribution in [2.24, 2.45) is 0 Å². The summed E-state index contributed by atoms with van der Waals surface area (Å²) in [6.45, 7) is 8.76.